The number of hydrazine groups is 1. The first-order valence-electron chi connectivity index (χ1n) is 10.8. The fourth-order valence-electron chi connectivity index (χ4n) is 5.75. The monoisotopic (exact) mass is 418 g/mol. The zero-order chi connectivity index (χ0) is 22.1. The number of piperidine rings is 1. The summed E-state index contributed by atoms with van der Waals surface area (Å²) in [6, 6.07) is 9.99. The summed E-state index contributed by atoms with van der Waals surface area (Å²) in [4.78, 5) is 23.1. The molecule has 2 aliphatic rings. The molecule has 7 nitrogen and oxygen atoms in total. The van der Waals surface area contributed by atoms with E-state index >= 15 is 0 Å². The van der Waals surface area contributed by atoms with Crippen LogP contribution in [0.3, 0.4) is 0 Å². The molecule has 5 rings (SSSR count). The summed E-state index contributed by atoms with van der Waals surface area (Å²) >= 11 is 0. The van der Waals surface area contributed by atoms with E-state index in [0.717, 1.165) is 36.1 Å². The lowest BCUT2D eigenvalue weighted by Gasteiger charge is -2.61. The van der Waals surface area contributed by atoms with Gasteiger partial charge in [-0.25, -0.2) is 10.8 Å². The summed E-state index contributed by atoms with van der Waals surface area (Å²) in [6.45, 7) is 7.62. The molecule has 1 aliphatic heterocycles. The molecule has 3 aromatic rings. The molecule has 31 heavy (non-hydrogen) atoms. The Hall–Kier alpha value is -3.06. The van der Waals surface area contributed by atoms with E-state index in [1.165, 1.54) is 11.1 Å². The number of rotatable bonds is 2. The number of amides is 1. The van der Waals surface area contributed by atoms with Gasteiger partial charge >= 0.3 is 0 Å². The molecule has 1 aliphatic carbocycles. The molecule has 1 amide bonds. The number of carbonyl (C=O) groups is 1. The van der Waals surface area contributed by atoms with Crippen LogP contribution in [0.2, 0.25) is 0 Å². The third kappa shape index (κ3) is 2.69. The van der Waals surface area contributed by atoms with Gasteiger partial charge < -0.3 is 20.6 Å². The fourth-order valence-corrected chi connectivity index (χ4v) is 5.75. The molecule has 2 aromatic carbocycles. The Kier molecular flexibility index (Phi) is 4.15. The highest BCUT2D eigenvalue weighted by molar-refractivity contribution is 5.97. The van der Waals surface area contributed by atoms with Crippen LogP contribution in [0.1, 0.15) is 48.7 Å². The van der Waals surface area contributed by atoms with Gasteiger partial charge in [-0.1, -0.05) is 20.8 Å². The Morgan fingerprint density at radius 2 is 2.03 bits per heavy atom. The highest BCUT2D eigenvalue weighted by Crippen LogP contribution is 2.57. The van der Waals surface area contributed by atoms with Crippen molar-refractivity contribution in [3.05, 3.63) is 53.3 Å². The summed E-state index contributed by atoms with van der Waals surface area (Å²) in [5.74, 6) is 6.09. The maximum absolute atomic E-state index is 13.6. The number of nitrogens with zero attached hydrogens (tertiary/aromatic N) is 3. The number of hydrogen-bond donors (Lipinski definition) is 3. The molecule has 0 saturated carbocycles. The Bertz CT molecular complexity index is 1200. The summed E-state index contributed by atoms with van der Waals surface area (Å²) in [7, 11) is 1.80. The lowest BCUT2D eigenvalue weighted by atomic mass is 9.51. The van der Waals surface area contributed by atoms with Crippen LogP contribution >= 0.6 is 0 Å². The average molecular weight is 419 g/mol. The SMILES string of the molecule is CN(N)c1cc2c(cc1N)[C@]1(C)CCN(C(=O)c3ccc4nc[nH]c4c3)C(C2)C1(C)C. The van der Waals surface area contributed by atoms with Crippen LogP contribution < -0.4 is 16.6 Å². The van der Waals surface area contributed by atoms with Crippen LogP contribution in [-0.2, 0) is 11.8 Å². The first-order chi connectivity index (χ1) is 14.6. The number of hydrogen-bond acceptors (Lipinski definition) is 5. The number of fused-ring (bicyclic) bond motifs is 5. The molecular weight excluding hydrogens is 388 g/mol. The minimum Gasteiger partial charge on any atom is -0.397 e. The number of carbonyl (C=O) groups excluding carboxylic acids is 1. The second kappa shape index (κ2) is 6.47. The van der Waals surface area contributed by atoms with Gasteiger partial charge in [-0.15, -0.1) is 0 Å². The van der Waals surface area contributed by atoms with Crippen molar-refractivity contribution < 1.29 is 4.79 Å². The number of nitrogens with two attached hydrogens (primary N) is 2. The van der Waals surface area contributed by atoms with Crippen molar-refractivity contribution in [2.24, 2.45) is 11.3 Å². The van der Waals surface area contributed by atoms with Crippen molar-refractivity contribution in [2.75, 3.05) is 24.3 Å². The van der Waals surface area contributed by atoms with E-state index in [-0.39, 0.29) is 22.8 Å². The summed E-state index contributed by atoms with van der Waals surface area (Å²) in [6.07, 6.45) is 3.33. The molecule has 1 unspecified atom stereocenters. The zero-order valence-corrected chi connectivity index (χ0v) is 18.6. The topological polar surface area (TPSA) is 104 Å². The van der Waals surface area contributed by atoms with Crippen LogP contribution in [0.15, 0.2) is 36.7 Å². The number of H-pyrrole nitrogens is 1. The van der Waals surface area contributed by atoms with E-state index in [0.29, 0.717) is 11.3 Å². The Labute approximate surface area is 182 Å². The normalized spacial score (nSPS) is 24.2. The number of nitrogen functional groups attached to an aromatic ring is 1. The molecule has 1 saturated heterocycles. The number of aromatic nitrogens is 2. The van der Waals surface area contributed by atoms with Gasteiger partial charge in [0.1, 0.15) is 0 Å². The molecular formula is C24H30N6O. The van der Waals surface area contributed by atoms with Crippen LogP contribution in [-0.4, -0.2) is 40.4 Å². The van der Waals surface area contributed by atoms with Crippen molar-refractivity contribution in [3.8, 4) is 0 Å². The Morgan fingerprint density at radius 1 is 1.26 bits per heavy atom. The van der Waals surface area contributed by atoms with Gasteiger partial charge in [-0.05, 0) is 59.7 Å². The minimum atomic E-state index is -0.103. The molecule has 0 radical (unpaired) electrons. The van der Waals surface area contributed by atoms with Gasteiger partial charge in [-0.2, -0.15) is 0 Å². The van der Waals surface area contributed by atoms with Gasteiger partial charge in [-0.3, -0.25) is 4.79 Å². The minimum absolute atomic E-state index is 0.0742. The molecule has 2 heterocycles. The average Bonchev–Trinajstić information content (AvgIpc) is 3.18. The van der Waals surface area contributed by atoms with Gasteiger partial charge in [0.25, 0.3) is 5.91 Å². The van der Waals surface area contributed by atoms with E-state index in [1.807, 2.05) is 18.2 Å². The predicted molar refractivity (Wildman–Crippen MR) is 124 cm³/mol. The molecule has 2 bridgehead atoms. The lowest BCUT2D eigenvalue weighted by molar-refractivity contribution is -0.0261. The fraction of sp³-hybridized carbons (Fsp3) is 0.417. The number of likely N-dealkylation sites (tertiary alicyclic amines) is 1. The van der Waals surface area contributed by atoms with Crippen molar-refractivity contribution in [1.82, 2.24) is 14.9 Å². The van der Waals surface area contributed by atoms with Gasteiger partial charge in [0.2, 0.25) is 0 Å². The maximum Gasteiger partial charge on any atom is 0.254 e. The van der Waals surface area contributed by atoms with Crippen LogP contribution in [0.25, 0.3) is 11.0 Å². The van der Waals surface area contributed by atoms with Crippen LogP contribution in [0, 0.1) is 5.41 Å². The Morgan fingerprint density at radius 3 is 2.77 bits per heavy atom. The van der Waals surface area contributed by atoms with Gasteiger partial charge in [0, 0.05) is 30.6 Å². The molecule has 0 spiro atoms. The second-order valence-electron chi connectivity index (χ2n) is 9.84. The largest absolute Gasteiger partial charge is 0.397 e. The van der Waals surface area contributed by atoms with E-state index < -0.39 is 0 Å². The lowest BCUT2D eigenvalue weighted by Crippen LogP contribution is -2.64. The quantitative estimate of drug-likeness (QED) is 0.337. The smallest absolute Gasteiger partial charge is 0.254 e. The van der Waals surface area contributed by atoms with Crippen molar-refractivity contribution in [1.29, 1.82) is 0 Å². The standard InChI is InChI=1S/C24H30N6O/c1-23(2)21-11-15-10-20(29(4)26)17(25)12-16(15)24(23,3)7-8-30(21)22(31)14-5-6-18-19(9-14)28-13-27-18/h5-6,9-10,12-13,21H,7-8,11,25-26H2,1-4H3,(H,27,28)/t21?,24-/m0/s1. The van der Waals surface area contributed by atoms with Crippen molar-refractivity contribution in [3.63, 3.8) is 0 Å². The summed E-state index contributed by atoms with van der Waals surface area (Å²) in [5, 5.41) is 1.57. The number of imidazole rings is 1. The number of aromatic amines is 1. The zero-order valence-electron chi connectivity index (χ0n) is 18.6. The van der Waals surface area contributed by atoms with Crippen molar-refractivity contribution in [2.45, 2.75) is 45.1 Å². The summed E-state index contributed by atoms with van der Waals surface area (Å²) in [5.41, 5.74) is 12.7. The third-order valence-electron chi connectivity index (χ3n) is 8.05. The van der Waals surface area contributed by atoms with E-state index in [4.69, 9.17) is 11.6 Å². The van der Waals surface area contributed by atoms with Gasteiger partial charge in [0.15, 0.2) is 0 Å². The number of nitrogens with one attached hydrogen (secondary N) is 1. The molecule has 2 atom stereocenters. The van der Waals surface area contributed by atoms with E-state index in [2.05, 4.69) is 47.8 Å². The highest BCUT2D eigenvalue weighted by atomic mass is 16.2. The summed E-state index contributed by atoms with van der Waals surface area (Å²) < 4.78 is 0. The van der Waals surface area contributed by atoms with E-state index in [1.54, 1.807) is 18.4 Å². The van der Waals surface area contributed by atoms with Crippen molar-refractivity contribution >= 4 is 28.3 Å². The van der Waals surface area contributed by atoms with Crippen LogP contribution in [0.5, 0.6) is 0 Å². The first kappa shape index (κ1) is 19.9. The van der Waals surface area contributed by atoms with Crippen LogP contribution in [0.4, 0.5) is 11.4 Å². The van der Waals surface area contributed by atoms with E-state index in [9.17, 15) is 4.79 Å². The molecule has 1 aromatic heterocycles. The maximum atomic E-state index is 13.6. The number of anilines is 2. The molecule has 1 fully saturated rings. The molecule has 7 heteroatoms. The number of benzene rings is 2. The van der Waals surface area contributed by atoms with Gasteiger partial charge in [0.05, 0.1) is 28.7 Å². The Balaban J connectivity index is 1.58. The second-order valence-corrected chi connectivity index (χ2v) is 9.84. The molecule has 162 valence electrons. The molecule has 5 N–H and O–H groups in total. The predicted octanol–water partition coefficient (Wildman–Crippen LogP) is 3.21. The highest BCUT2D eigenvalue weighted by Gasteiger charge is 2.57. The third-order valence-corrected chi connectivity index (χ3v) is 8.05. The first-order valence-corrected chi connectivity index (χ1v) is 10.8.